The molecule has 0 spiro atoms. The third-order valence-corrected chi connectivity index (χ3v) is 3.32. The molecule has 0 aliphatic carbocycles. The summed E-state index contributed by atoms with van der Waals surface area (Å²) in [4.78, 5) is 0. The van der Waals surface area contributed by atoms with E-state index in [1.54, 1.807) is 10.9 Å². The predicted octanol–water partition coefficient (Wildman–Crippen LogP) is 3.28. The molecule has 0 saturated carbocycles. The Morgan fingerprint density at radius 2 is 1.60 bits per heavy atom. The highest BCUT2D eigenvalue weighted by molar-refractivity contribution is 5.63. The summed E-state index contributed by atoms with van der Waals surface area (Å²) in [6, 6.07) is 20.1. The third-order valence-electron chi connectivity index (χ3n) is 3.32. The van der Waals surface area contributed by atoms with Gasteiger partial charge in [0, 0.05) is 12.4 Å². The summed E-state index contributed by atoms with van der Waals surface area (Å²) < 4.78 is 1.73. The van der Waals surface area contributed by atoms with Gasteiger partial charge in [-0.05, 0) is 22.8 Å². The van der Waals surface area contributed by atoms with Crippen molar-refractivity contribution in [2.45, 2.75) is 12.6 Å². The molecule has 0 radical (unpaired) electrons. The first-order valence-corrected chi connectivity index (χ1v) is 6.64. The maximum absolute atomic E-state index is 10.2. The van der Waals surface area contributed by atoms with Crippen molar-refractivity contribution in [3.63, 3.8) is 0 Å². The van der Waals surface area contributed by atoms with Crippen molar-refractivity contribution >= 4 is 0 Å². The SMILES string of the molecule is OC(Cn1cccn1)c1ccc(-c2ccccc2)cc1. The molecule has 0 aliphatic rings. The lowest BCUT2D eigenvalue weighted by Crippen LogP contribution is -2.08. The molecule has 2 aromatic carbocycles. The van der Waals surface area contributed by atoms with Crippen LogP contribution in [0.5, 0.6) is 0 Å². The molecule has 0 bridgehead atoms. The van der Waals surface area contributed by atoms with Crippen molar-refractivity contribution in [2.75, 3.05) is 0 Å². The smallest absolute Gasteiger partial charge is 0.0985 e. The highest BCUT2D eigenvalue weighted by atomic mass is 16.3. The molecule has 1 aromatic heterocycles. The van der Waals surface area contributed by atoms with Gasteiger partial charge in [0.05, 0.1) is 12.6 Å². The second-order valence-electron chi connectivity index (χ2n) is 4.73. The Morgan fingerprint density at radius 1 is 0.900 bits per heavy atom. The van der Waals surface area contributed by atoms with Crippen molar-refractivity contribution in [3.05, 3.63) is 78.6 Å². The van der Waals surface area contributed by atoms with Crippen molar-refractivity contribution in [1.29, 1.82) is 0 Å². The molecule has 3 aromatic rings. The van der Waals surface area contributed by atoms with Crippen molar-refractivity contribution in [1.82, 2.24) is 9.78 Å². The van der Waals surface area contributed by atoms with E-state index >= 15 is 0 Å². The van der Waals surface area contributed by atoms with E-state index in [9.17, 15) is 5.11 Å². The van der Waals surface area contributed by atoms with E-state index in [1.165, 1.54) is 5.56 Å². The molecule has 0 amide bonds. The molecule has 0 fully saturated rings. The molecule has 1 heterocycles. The summed E-state index contributed by atoms with van der Waals surface area (Å²) in [6.07, 6.45) is 3.02. The Labute approximate surface area is 118 Å². The van der Waals surface area contributed by atoms with Crippen LogP contribution < -0.4 is 0 Å². The van der Waals surface area contributed by atoms with E-state index < -0.39 is 6.10 Å². The number of rotatable bonds is 4. The van der Waals surface area contributed by atoms with Gasteiger partial charge in [-0.15, -0.1) is 0 Å². The minimum Gasteiger partial charge on any atom is -0.386 e. The fourth-order valence-corrected chi connectivity index (χ4v) is 2.22. The highest BCUT2D eigenvalue weighted by Crippen LogP contribution is 2.22. The van der Waals surface area contributed by atoms with Crippen LogP contribution in [0.2, 0.25) is 0 Å². The summed E-state index contributed by atoms with van der Waals surface area (Å²) in [6.45, 7) is 0.470. The average Bonchev–Trinajstić information content (AvgIpc) is 3.01. The molecular formula is C17H16N2O. The van der Waals surface area contributed by atoms with Crippen molar-refractivity contribution in [3.8, 4) is 11.1 Å². The van der Waals surface area contributed by atoms with E-state index in [2.05, 4.69) is 17.2 Å². The Kier molecular flexibility index (Phi) is 3.61. The second kappa shape index (κ2) is 5.72. The lowest BCUT2D eigenvalue weighted by Gasteiger charge is -2.12. The molecule has 1 atom stereocenters. The van der Waals surface area contributed by atoms with Crippen LogP contribution in [-0.4, -0.2) is 14.9 Å². The van der Waals surface area contributed by atoms with Crippen LogP contribution in [0.25, 0.3) is 11.1 Å². The number of aromatic nitrogens is 2. The third kappa shape index (κ3) is 2.78. The molecule has 0 aliphatic heterocycles. The minimum absolute atomic E-state index is 0.470. The maximum atomic E-state index is 10.2. The van der Waals surface area contributed by atoms with Crippen LogP contribution in [0.3, 0.4) is 0 Å². The van der Waals surface area contributed by atoms with Gasteiger partial charge in [0.15, 0.2) is 0 Å². The van der Waals surface area contributed by atoms with E-state index in [0.29, 0.717) is 6.54 Å². The van der Waals surface area contributed by atoms with Gasteiger partial charge in [-0.2, -0.15) is 5.10 Å². The summed E-state index contributed by atoms with van der Waals surface area (Å²) in [5.74, 6) is 0. The largest absolute Gasteiger partial charge is 0.386 e. The predicted molar refractivity (Wildman–Crippen MR) is 79.1 cm³/mol. The van der Waals surface area contributed by atoms with Crippen LogP contribution in [0, 0.1) is 0 Å². The zero-order valence-electron chi connectivity index (χ0n) is 11.1. The second-order valence-corrected chi connectivity index (χ2v) is 4.73. The van der Waals surface area contributed by atoms with Crippen molar-refractivity contribution in [2.24, 2.45) is 0 Å². The van der Waals surface area contributed by atoms with Gasteiger partial charge >= 0.3 is 0 Å². The molecule has 1 N–H and O–H groups in total. The van der Waals surface area contributed by atoms with Gasteiger partial charge in [0.1, 0.15) is 0 Å². The summed E-state index contributed by atoms with van der Waals surface area (Å²) in [5, 5.41) is 14.3. The lowest BCUT2D eigenvalue weighted by molar-refractivity contribution is 0.151. The van der Waals surface area contributed by atoms with Crippen molar-refractivity contribution < 1.29 is 5.11 Å². The van der Waals surface area contributed by atoms with E-state index in [0.717, 1.165) is 11.1 Å². The van der Waals surface area contributed by atoms with Crippen LogP contribution in [0.1, 0.15) is 11.7 Å². The van der Waals surface area contributed by atoms with Crippen LogP contribution in [0.4, 0.5) is 0 Å². The topological polar surface area (TPSA) is 38.0 Å². The number of aliphatic hydroxyl groups is 1. The fraction of sp³-hybridized carbons (Fsp3) is 0.118. The summed E-state index contributed by atoms with van der Waals surface area (Å²) in [7, 11) is 0. The Bertz CT molecular complexity index is 645. The molecule has 1 unspecified atom stereocenters. The quantitative estimate of drug-likeness (QED) is 0.785. The molecule has 3 rings (SSSR count). The Hall–Kier alpha value is -2.39. The monoisotopic (exact) mass is 264 g/mol. The van der Waals surface area contributed by atoms with E-state index in [4.69, 9.17) is 0 Å². The van der Waals surface area contributed by atoms with E-state index in [-0.39, 0.29) is 0 Å². The number of hydrogen-bond acceptors (Lipinski definition) is 2. The van der Waals surface area contributed by atoms with Crippen LogP contribution >= 0.6 is 0 Å². The Balaban J connectivity index is 1.76. The molecular weight excluding hydrogens is 248 g/mol. The molecule has 20 heavy (non-hydrogen) atoms. The summed E-state index contributed by atoms with van der Waals surface area (Å²) >= 11 is 0. The molecule has 3 heteroatoms. The standard InChI is InChI=1S/C17H16N2O/c20-17(13-19-12-4-11-18-19)16-9-7-15(8-10-16)14-5-2-1-3-6-14/h1-12,17,20H,13H2. The number of benzene rings is 2. The first-order valence-electron chi connectivity index (χ1n) is 6.64. The number of nitrogens with zero attached hydrogens (tertiary/aromatic N) is 2. The average molecular weight is 264 g/mol. The van der Waals surface area contributed by atoms with Gasteiger partial charge < -0.3 is 5.11 Å². The number of hydrogen-bond donors (Lipinski definition) is 1. The molecule has 100 valence electrons. The lowest BCUT2D eigenvalue weighted by atomic mass is 10.0. The van der Waals surface area contributed by atoms with Gasteiger partial charge in [-0.3, -0.25) is 4.68 Å². The minimum atomic E-state index is -0.542. The molecule has 3 nitrogen and oxygen atoms in total. The first kappa shape index (κ1) is 12.6. The van der Waals surface area contributed by atoms with Gasteiger partial charge in [0.2, 0.25) is 0 Å². The first-order chi connectivity index (χ1) is 9.83. The van der Waals surface area contributed by atoms with Gasteiger partial charge in [-0.25, -0.2) is 0 Å². The maximum Gasteiger partial charge on any atom is 0.0985 e. The van der Waals surface area contributed by atoms with Crippen LogP contribution in [-0.2, 0) is 6.54 Å². The van der Waals surface area contributed by atoms with Gasteiger partial charge in [0.25, 0.3) is 0 Å². The highest BCUT2D eigenvalue weighted by Gasteiger charge is 2.08. The molecule has 0 saturated heterocycles. The zero-order chi connectivity index (χ0) is 13.8. The summed E-state index contributed by atoms with van der Waals surface area (Å²) in [5.41, 5.74) is 3.24. The van der Waals surface area contributed by atoms with Gasteiger partial charge in [-0.1, -0.05) is 54.6 Å². The zero-order valence-corrected chi connectivity index (χ0v) is 11.1. The fourth-order valence-electron chi connectivity index (χ4n) is 2.22. The van der Waals surface area contributed by atoms with E-state index in [1.807, 2.05) is 54.7 Å². The Morgan fingerprint density at radius 3 is 2.25 bits per heavy atom. The number of aliphatic hydroxyl groups excluding tert-OH is 1. The van der Waals surface area contributed by atoms with Crippen LogP contribution in [0.15, 0.2) is 73.1 Å². The normalized spacial score (nSPS) is 12.2.